The lowest BCUT2D eigenvalue weighted by atomic mass is 9.86. The van der Waals surface area contributed by atoms with E-state index in [1.54, 1.807) is 0 Å². The fraction of sp³-hybridized carbons (Fsp3) is 0.958. The molecular formula is C48H93NO5. The quantitative estimate of drug-likeness (QED) is 0.0494. The Hall–Kier alpha value is -1.14. The summed E-state index contributed by atoms with van der Waals surface area (Å²) in [6.45, 7) is 15.6. The van der Waals surface area contributed by atoms with Gasteiger partial charge in [-0.1, -0.05) is 156 Å². The highest BCUT2D eigenvalue weighted by atomic mass is 16.5. The maximum Gasteiger partial charge on any atom is 0.311 e. The van der Waals surface area contributed by atoms with Gasteiger partial charge in [-0.05, 0) is 97.1 Å². The molecule has 1 aliphatic carbocycles. The van der Waals surface area contributed by atoms with E-state index in [4.69, 9.17) is 9.47 Å². The molecule has 1 aliphatic rings. The van der Waals surface area contributed by atoms with Gasteiger partial charge < -0.3 is 19.5 Å². The minimum Gasteiger partial charge on any atom is -0.465 e. The maximum atomic E-state index is 13.2. The molecule has 1 rings (SSSR count). The Kier molecular flexibility index (Phi) is 32.0. The molecule has 1 fully saturated rings. The van der Waals surface area contributed by atoms with Crippen LogP contribution < -0.4 is 0 Å². The highest BCUT2D eigenvalue weighted by Gasteiger charge is 2.43. The molecule has 0 heterocycles. The number of rotatable bonds is 41. The average molecular weight is 764 g/mol. The van der Waals surface area contributed by atoms with Crippen molar-refractivity contribution in [3.8, 4) is 0 Å². The zero-order chi connectivity index (χ0) is 39.6. The van der Waals surface area contributed by atoms with Crippen LogP contribution in [0, 0.1) is 16.7 Å². The van der Waals surface area contributed by atoms with Gasteiger partial charge in [-0.25, -0.2) is 0 Å². The van der Waals surface area contributed by atoms with Crippen molar-refractivity contribution in [2.75, 3.05) is 39.5 Å². The van der Waals surface area contributed by atoms with Gasteiger partial charge in [0.1, 0.15) is 0 Å². The van der Waals surface area contributed by atoms with Crippen molar-refractivity contribution in [2.45, 2.75) is 240 Å². The molecule has 0 spiro atoms. The molecule has 320 valence electrons. The molecule has 0 amide bonds. The van der Waals surface area contributed by atoms with E-state index < -0.39 is 5.41 Å². The van der Waals surface area contributed by atoms with Gasteiger partial charge >= 0.3 is 11.9 Å². The van der Waals surface area contributed by atoms with Crippen molar-refractivity contribution in [1.82, 2.24) is 4.90 Å². The van der Waals surface area contributed by atoms with Crippen LogP contribution in [0.25, 0.3) is 0 Å². The van der Waals surface area contributed by atoms with Gasteiger partial charge in [0.2, 0.25) is 0 Å². The molecule has 0 aliphatic heterocycles. The predicted octanol–water partition coefficient (Wildman–Crippen LogP) is 13.6. The van der Waals surface area contributed by atoms with E-state index in [1.807, 2.05) is 0 Å². The van der Waals surface area contributed by atoms with Gasteiger partial charge in [0.25, 0.3) is 0 Å². The van der Waals surface area contributed by atoms with Crippen LogP contribution >= 0.6 is 0 Å². The minimum atomic E-state index is -0.423. The fourth-order valence-corrected chi connectivity index (χ4v) is 7.95. The number of unbranched alkanes of at least 4 members (excludes halogenated alkanes) is 19. The number of nitrogens with zero attached hydrogens (tertiary/aromatic N) is 1. The summed E-state index contributed by atoms with van der Waals surface area (Å²) in [5.41, 5.74) is -0.158. The van der Waals surface area contributed by atoms with Crippen molar-refractivity contribution >= 4 is 11.9 Å². The topological polar surface area (TPSA) is 76.1 Å². The molecule has 1 saturated carbocycles. The molecule has 1 N–H and O–H groups in total. The van der Waals surface area contributed by atoms with E-state index in [2.05, 4.69) is 39.5 Å². The maximum absolute atomic E-state index is 13.2. The van der Waals surface area contributed by atoms with Gasteiger partial charge in [-0.2, -0.15) is 0 Å². The third-order valence-electron chi connectivity index (χ3n) is 12.3. The largest absolute Gasteiger partial charge is 0.465 e. The van der Waals surface area contributed by atoms with Crippen LogP contribution in [0.4, 0.5) is 0 Å². The number of hydrogen-bond donors (Lipinski definition) is 1. The van der Waals surface area contributed by atoms with Crippen molar-refractivity contribution in [2.24, 2.45) is 16.7 Å². The third-order valence-corrected chi connectivity index (χ3v) is 12.3. The highest BCUT2D eigenvalue weighted by Crippen LogP contribution is 2.50. The number of esters is 2. The number of carbonyl (C=O) groups is 2. The Morgan fingerprint density at radius 1 is 0.611 bits per heavy atom. The molecule has 0 bridgehead atoms. The van der Waals surface area contributed by atoms with E-state index in [9.17, 15) is 14.7 Å². The zero-order valence-electron chi connectivity index (χ0n) is 37.0. The number of aliphatic hydroxyl groups excluding tert-OH is 1. The van der Waals surface area contributed by atoms with Gasteiger partial charge in [0.05, 0.1) is 18.6 Å². The summed E-state index contributed by atoms with van der Waals surface area (Å²) in [6, 6.07) is 0. The summed E-state index contributed by atoms with van der Waals surface area (Å²) < 4.78 is 11.7. The number of carbonyl (C=O) groups excluding carboxylic acids is 2. The van der Waals surface area contributed by atoms with E-state index in [-0.39, 0.29) is 24.0 Å². The van der Waals surface area contributed by atoms with Crippen molar-refractivity contribution < 1.29 is 24.2 Å². The molecule has 6 nitrogen and oxygen atoms in total. The summed E-state index contributed by atoms with van der Waals surface area (Å²) in [4.78, 5) is 28.0. The first kappa shape index (κ1) is 50.9. The van der Waals surface area contributed by atoms with Crippen LogP contribution in [0.3, 0.4) is 0 Å². The van der Waals surface area contributed by atoms with Crippen molar-refractivity contribution in [3.63, 3.8) is 0 Å². The predicted molar refractivity (Wildman–Crippen MR) is 230 cm³/mol. The third kappa shape index (κ3) is 28.3. The average Bonchev–Trinajstić information content (AvgIpc) is 3.94. The van der Waals surface area contributed by atoms with Crippen molar-refractivity contribution in [3.05, 3.63) is 0 Å². The number of aliphatic hydroxyl groups is 1. The minimum absolute atomic E-state index is 0.00596. The molecule has 0 unspecified atom stereocenters. The molecule has 0 atom stereocenters. The Morgan fingerprint density at radius 2 is 1.09 bits per heavy atom. The lowest BCUT2D eigenvalue weighted by molar-refractivity contribution is -0.156. The molecule has 54 heavy (non-hydrogen) atoms. The van der Waals surface area contributed by atoms with Crippen LogP contribution in [0.1, 0.15) is 240 Å². The first-order valence-electron chi connectivity index (χ1n) is 23.9. The summed E-state index contributed by atoms with van der Waals surface area (Å²) in [7, 11) is 0. The van der Waals surface area contributed by atoms with Crippen LogP contribution in [-0.4, -0.2) is 61.4 Å². The van der Waals surface area contributed by atoms with Crippen LogP contribution in [0.15, 0.2) is 0 Å². The SMILES string of the molecule is CCCCCCCCCC(=O)OCC1(CCCCCN(CCCO)CCCCCCC(C)(C)C(=O)OCC(CCCCCCC)CCCCCCC)CC1. The second kappa shape index (κ2) is 33.9. The molecule has 0 radical (unpaired) electrons. The first-order chi connectivity index (χ1) is 26.2. The smallest absolute Gasteiger partial charge is 0.311 e. The van der Waals surface area contributed by atoms with Gasteiger partial charge in [0, 0.05) is 25.0 Å². The first-order valence-corrected chi connectivity index (χ1v) is 23.9. The van der Waals surface area contributed by atoms with Gasteiger partial charge in [-0.3, -0.25) is 9.59 Å². The van der Waals surface area contributed by atoms with Crippen LogP contribution in [0.2, 0.25) is 0 Å². The zero-order valence-corrected chi connectivity index (χ0v) is 37.0. The van der Waals surface area contributed by atoms with E-state index in [0.29, 0.717) is 25.6 Å². The molecule has 0 aromatic rings. The molecule has 0 saturated heterocycles. The second-order valence-corrected chi connectivity index (χ2v) is 18.2. The summed E-state index contributed by atoms with van der Waals surface area (Å²) in [5, 5.41) is 9.47. The van der Waals surface area contributed by atoms with Gasteiger partial charge in [-0.15, -0.1) is 0 Å². The second-order valence-electron chi connectivity index (χ2n) is 18.2. The molecule has 6 heteroatoms. The van der Waals surface area contributed by atoms with Crippen molar-refractivity contribution in [1.29, 1.82) is 0 Å². The summed E-state index contributed by atoms with van der Waals surface area (Å²) in [5.74, 6) is 0.510. The Labute approximate surface area is 336 Å². The number of ether oxygens (including phenoxy) is 2. The molecule has 0 aromatic carbocycles. The van der Waals surface area contributed by atoms with E-state index in [0.717, 1.165) is 58.2 Å². The lowest BCUT2D eigenvalue weighted by Gasteiger charge is -2.25. The highest BCUT2D eigenvalue weighted by molar-refractivity contribution is 5.75. The van der Waals surface area contributed by atoms with Gasteiger partial charge in [0.15, 0.2) is 0 Å². The van der Waals surface area contributed by atoms with E-state index >= 15 is 0 Å². The van der Waals surface area contributed by atoms with Crippen LogP contribution in [0.5, 0.6) is 0 Å². The summed E-state index contributed by atoms with van der Waals surface area (Å²) >= 11 is 0. The lowest BCUT2D eigenvalue weighted by Crippen LogP contribution is -2.29. The van der Waals surface area contributed by atoms with Crippen LogP contribution in [-0.2, 0) is 19.1 Å². The normalized spacial score (nSPS) is 13.9. The molecule has 0 aromatic heterocycles. The monoisotopic (exact) mass is 764 g/mol. The Balaban J connectivity index is 2.25. The Bertz CT molecular complexity index is 857. The Morgan fingerprint density at radius 3 is 1.65 bits per heavy atom. The molecular weight excluding hydrogens is 671 g/mol. The summed E-state index contributed by atoms with van der Waals surface area (Å²) in [6.07, 6.45) is 38.0. The fourth-order valence-electron chi connectivity index (χ4n) is 7.95. The van der Waals surface area contributed by atoms with E-state index in [1.165, 1.54) is 161 Å². The number of hydrogen-bond acceptors (Lipinski definition) is 6. The standard InChI is InChI=1S/C48H93NO5/c1-6-9-12-15-16-19-25-33-45(51)54-43-48(36-37-48)35-27-22-29-39-49(40-30-41-50)38-28-21-20-26-34-47(4,5)46(52)53-42-44(31-23-17-13-10-7-2)32-24-18-14-11-8-3/h44,50H,6-43H2,1-5H3.